The summed E-state index contributed by atoms with van der Waals surface area (Å²) in [5, 5.41) is 2.57. The van der Waals surface area contributed by atoms with Crippen LogP contribution in [0.15, 0.2) is 42.6 Å². The first-order valence-corrected chi connectivity index (χ1v) is 14.0. The van der Waals surface area contributed by atoms with Crippen LogP contribution in [0, 0.1) is 0 Å². The monoisotopic (exact) mass is 590 g/mol. The highest BCUT2D eigenvalue weighted by Crippen LogP contribution is 2.29. The van der Waals surface area contributed by atoms with Crippen molar-refractivity contribution in [2.75, 3.05) is 33.7 Å². The van der Waals surface area contributed by atoms with Crippen molar-refractivity contribution in [1.29, 1.82) is 0 Å². The van der Waals surface area contributed by atoms with Crippen molar-refractivity contribution in [2.24, 2.45) is 0 Å². The Balaban J connectivity index is 2.08. The van der Waals surface area contributed by atoms with Gasteiger partial charge < -0.3 is 38.5 Å². The summed E-state index contributed by atoms with van der Waals surface area (Å²) in [5.74, 6) is -1.24. The van der Waals surface area contributed by atoms with E-state index in [2.05, 4.69) is 10.3 Å². The first-order valence-electron chi connectivity index (χ1n) is 14.0. The molecule has 0 fully saturated rings. The maximum absolute atomic E-state index is 13.1. The number of esters is 2. The van der Waals surface area contributed by atoms with E-state index in [1.165, 1.54) is 26.3 Å². The van der Waals surface area contributed by atoms with Crippen LogP contribution in [0.4, 0.5) is 0 Å². The fraction of sp³-hybridized carbons (Fsp3) is 0.533. The second kappa shape index (κ2) is 18.5. The van der Waals surface area contributed by atoms with Gasteiger partial charge in [0.1, 0.15) is 36.7 Å². The molecule has 0 saturated carbocycles. The molecule has 42 heavy (non-hydrogen) atoms. The van der Waals surface area contributed by atoms with Crippen LogP contribution in [0.3, 0.4) is 0 Å². The molecule has 12 nitrogen and oxygen atoms in total. The van der Waals surface area contributed by atoms with Crippen LogP contribution in [0.5, 0.6) is 17.2 Å². The summed E-state index contributed by atoms with van der Waals surface area (Å²) in [6.45, 7) is 8.97. The Kier molecular flexibility index (Phi) is 15.1. The molecular weight excluding hydrogens is 548 g/mol. The van der Waals surface area contributed by atoms with E-state index in [-0.39, 0.29) is 29.9 Å². The highest BCUT2D eigenvalue weighted by atomic mass is 16.7. The fourth-order valence-corrected chi connectivity index (χ4v) is 3.81. The molecule has 2 rings (SSSR count). The van der Waals surface area contributed by atoms with Crippen molar-refractivity contribution in [2.45, 2.75) is 71.8 Å². The highest BCUT2D eigenvalue weighted by Gasteiger charge is 2.33. The first kappa shape index (κ1) is 34.3. The number of nitrogens with zero attached hydrogens (tertiary/aromatic N) is 1. The maximum atomic E-state index is 13.1. The number of ether oxygens (including phenoxy) is 7. The third kappa shape index (κ3) is 10.8. The van der Waals surface area contributed by atoms with Gasteiger partial charge in [-0.15, -0.1) is 0 Å². The molecule has 2 aromatic rings. The average molecular weight is 591 g/mol. The van der Waals surface area contributed by atoms with E-state index >= 15 is 0 Å². The van der Waals surface area contributed by atoms with Crippen molar-refractivity contribution in [3.8, 4) is 17.2 Å². The topological polar surface area (TPSA) is 141 Å². The number of benzene rings is 1. The molecule has 1 aromatic heterocycles. The van der Waals surface area contributed by atoms with E-state index in [9.17, 15) is 14.4 Å². The standard InChI is InChI=1S/C30H42N2O10/c1-7-17-38-27(23(8-2)42-22-13-11-10-12-14-22)21(5)41-30(35)20(4)32-29(34)26-28(24(36-6)15-16-31-26)40-19-39-25(33)18-37-9-3/h10-16,20-21,23,27H,7-9,17-19H2,1-6H3,(H,32,34)/t20-,21-,23-,27-/m0/s1. The van der Waals surface area contributed by atoms with Gasteiger partial charge in [0.05, 0.1) is 7.11 Å². The Morgan fingerprint density at radius 3 is 2.40 bits per heavy atom. The van der Waals surface area contributed by atoms with Gasteiger partial charge in [0, 0.05) is 25.5 Å². The van der Waals surface area contributed by atoms with Crippen LogP contribution < -0.4 is 19.5 Å². The van der Waals surface area contributed by atoms with Gasteiger partial charge in [-0.3, -0.25) is 4.79 Å². The number of aromatic nitrogens is 1. The van der Waals surface area contributed by atoms with Crippen molar-refractivity contribution in [1.82, 2.24) is 10.3 Å². The van der Waals surface area contributed by atoms with E-state index in [4.69, 9.17) is 33.2 Å². The zero-order chi connectivity index (χ0) is 30.9. The minimum absolute atomic E-state index is 0.0625. The van der Waals surface area contributed by atoms with Gasteiger partial charge in [0.15, 0.2) is 17.2 Å². The van der Waals surface area contributed by atoms with Gasteiger partial charge in [-0.2, -0.15) is 0 Å². The zero-order valence-corrected chi connectivity index (χ0v) is 25.1. The SMILES string of the molecule is CCCO[C@@H]([C@H](C)OC(=O)[C@H](C)NC(=O)c1nccc(OC)c1OCOC(=O)COCC)[C@H](CC)Oc1ccccc1. The molecule has 0 radical (unpaired) electrons. The van der Waals surface area contributed by atoms with E-state index in [0.29, 0.717) is 25.4 Å². The minimum Gasteiger partial charge on any atom is -0.493 e. The Morgan fingerprint density at radius 1 is 1.02 bits per heavy atom. The van der Waals surface area contributed by atoms with Crippen LogP contribution in [-0.4, -0.2) is 80.9 Å². The number of para-hydroxylation sites is 1. The number of nitrogens with one attached hydrogen (secondary N) is 1. The number of hydrogen-bond donors (Lipinski definition) is 1. The van der Waals surface area contributed by atoms with Crippen LogP contribution in [0.25, 0.3) is 0 Å². The van der Waals surface area contributed by atoms with Crippen LogP contribution in [-0.2, 0) is 28.5 Å². The lowest BCUT2D eigenvalue weighted by molar-refractivity contribution is -0.163. The Morgan fingerprint density at radius 2 is 1.76 bits per heavy atom. The quantitative estimate of drug-likeness (QED) is 0.189. The van der Waals surface area contributed by atoms with Crippen molar-refractivity contribution >= 4 is 17.8 Å². The zero-order valence-electron chi connectivity index (χ0n) is 25.1. The molecule has 0 aliphatic rings. The molecule has 0 bridgehead atoms. The molecule has 1 aromatic carbocycles. The predicted molar refractivity (Wildman–Crippen MR) is 153 cm³/mol. The molecule has 12 heteroatoms. The van der Waals surface area contributed by atoms with Gasteiger partial charge in [0.2, 0.25) is 6.79 Å². The summed E-state index contributed by atoms with van der Waals surface area (Å²) in [5.41, 5.74) is -0.172. The van der Waals surface area contributed by atoms with Crippen molar-refractivity contribution in [3.63, 3.8) is 0 Å². The number of amides is 1. The second-order valence-corrected chi connectivity index (χ2v) is 9.16. The van der Waals surface area contributed by atoms with E-state index in [1.807, 2.05) is 44.2 Å². The lowest BCUT2D eigenvalue weighted by Crippen LogP contribution is -2.47. The number of pyridine rings is 1. The molecule has 0 aliphatic heterocycles. The average Bonchev–Trinajstić information content (AvgIpc) is 2.99. The normalized spacial score (nSPS) is 13.7. The summed E-state index contributed by atoms with van der Waals surface area (Å²) in [6.07, 6.45) is 1.12. The molecule has 0 saturated heterocycles. The predicted octanol–water partition coefficient (Wildman–Crippen LogP) is 3.71. The first-order chi connectivity index (χ1) is 20.2. The lowest BCUT2D eigenvalue weighted by Gasteiger charge is -2.32. The molecule has 0 aliphatic carbocycles. The summed E-state index contributed by atoms with van der Waals surface area (Å²) < 4.78 is 38.7. The smallest absolute Gasteiger partial charge is 0.334 e. The Labute approximate surface area is 246 Å². The van der Waals surface area contributed by atoms with Crippen molar-refractivity contribution < 1.29 is 47.5 Å². The van der Waals surface area contributed by atoms with Crippen LogP contribution in [0.1, 0.15) is 57.9 Å². The Hall–Kier alpha value is -3.90. The largest absolute Gasteiger partial charge is 0.493 e. The number of methoxy groups -OCH3 is 1. The van der Waals surface area contributed by atoms with Crippen LogP contribution in [0.2, 0.25) is 0 Å². The molecule has 4 atom stereocenters. The summed E-state index contributed by atoms with van der Waals surface area (Å²) in [6, 6.07) is 9.78. The molecular formula is C30H42N2O10. The molecule has 232 valence electrons. The van der Waals surface area contributed by atoms with Gasteiger partial charge in [-0.1, -0.05) is 32.0 Å². The molecule has 0 spiro atoms. The van der Waals surface area contributed by atoms with E-state index in [1.54, 1.807) is 13.8 Å². The number of carbonyl (C=O) groups is 3. The van der Waals surface area contributed by atoms with Gasteiger partial charge in [0.25, 0.3) is 5.91 Å². The highest BCUT2D eigenvalue weighted by molar-refractivity contribution is 5.98. The summed E-state index contributed by atoms with van der Waals surface area (Å²) in [4.78, 5) is 41.9. The van der Waals surface area contributed by atoms with E-state index < -0.39 is 42.9 Å². The number of hydrogen-bond acceptors (Lipinski definition) is 11. The molecule has 1 N–H and O–H groups in total. The number of rotatable bonds is 19. The second-order valence-electron chi connectivity index (χ2n) is 9.16. The van der Waals surface area contributed by atoms with Gasteiger partial charge >= 0.3 is 11.9 Å². The summed E-state index contributed by atoms with van der Waals surface area (Å²) in [7, 11) is 1.38. The van der Waals surface area contributed by atoms with Crippen molar-refractivity contribution in [3.05, 3.63) is 48.3 Å². The minimum atomic E-state index is -1.05. The number of carbonyl (C=O) groups excluding carboxylic acids is 3. The third-order valence-corrected chi connectivity index (χ3v) is 5.93. The molecule has 1 heterocycles. The van der Waals surface area contributed by atoms with Gasteiger partial charge in [-0.05, 0) is 45.7 Å². The van der Waals surface area contributed by atoms with Gasteiger partial charge in [-0.25, -0.2) is 14.6 Å². The summed E-state index contributed by atoms with van der Waals surface area (Å²) >= 11 is 0. The van der Waals surface area contributed by atoms with E-state index in [0.717, 1.165) is 6.42 Å². The lowest BCUT2D eigenvalue weighted by atomic mass is 10.1. The Bertz CT molecular complexity index is 1110. The maximum Gasteiger partial charge on any atom is 0.334 e. The molecule has 1 amide bonds. The molecule has 0 unspecified atom stereocenters. The van der Waals surface area contributed by atoms with Crippen LogP contribution >= 0.6 is 0 Å². The third-order valence-electron chi connectivity index (χ3n) is 5.93. The fourth-order valence-electron chi connectivity index (χ4n) is 3.81.